The van der Waals surface area contributed by atoms with Crippen LogP contribution in [0.5, 0.6) is 0 Å². The number of hydrogen-bond acceptors (Lipinski definition) is 4. The molecule has 1 aromatic carbocycles. The summed E-state index contributed by atoms with van der Waals surface area (Å²) >= 11 is 6.12. The van der Waals surface area contributed by atoms with Gasteiger partial charge in [-0.25, -0.2) is 4.79 Å². The number of hydrogen-bond donors (Lipinski definition) is 3. The van der Waals surface area contributed by atoms with Gasteiger partial charge in [-0.1, -0.05) is 11.6 Å². The second kappa shape index (κ2) is 5.27. The van der Waals surface area contributed by atoms with Crippen LogP contribution in [0, 0.1) is 0 Å². The molecule has 0 unspecified atom stereocenters. The van der Waals surface area contributed by atoms with Crippen LogP contribution in [0.15, 0.2) is 12.1 Å². The van der Waals surface area contributed by atoms with E-state index in [1.165, 1.54) is 6.07 Å². The molecule has 0 radical (unpaired) electrons. The van der Waals surface area contributed by atoms with E-state index in [2.05, 4.69) is 5.32 Å². The summed E-state index contributed by atoms with van der Waals surface area (Å²) in [7, 11) is 0. The number of nitrogens with one attached hydrogen (secondary N) is 1. The summed E-state index contributed by atoms with van der Waals surface area (Å²) < 4.78 is 5.32. The average Bonchev–Trinajstić information content (AvgIpc) is 2.33. The fraction of sp³-hybridized carbons (Fsp3) is 0.462. The van der Waals surface area contributed by atoms with Crippen LogP contribution in [0.25, 0.3) is 0 Å². The predicted octanol–water partition coefficient (Wildman–Crippen LogP) is 2.60. The monoisotopic (exact) mass is 284 g/mol. The fourth-order valence-electron chi connectivity index (χ4n) is 2.17. The van der Waals surface area contributed by atoms with E-state index in [0.717, 1.165) is 12.8 Å². The lowest BCUT2D eigenvalue weighted by atomic mass is 9.91. The molecule has 1 heterocycles. The molecule has 5 nitrogen and oxygen atoms in total. The van der Waals surface area contributed by atoms with E-state index >= 15 is 0 Å². The molecule has 104 valence electrons. The van der Waals surface area contributed by atoms with Crippen LogP contribution in [0.4, 0.5) is 11.4 Å². The molecule has 19 heavy (non-hydrogen) atoms. The molecule has 1 saturated heterocycles. The first-order valence-electron chi connectivity index (χ1n) is 6.09. The minimum atomic E-state index is -1.05. The quantitative estimate of drug-likeness (QED) is 0.743. The number of rotatable bonds is 3. The van der Waals surface area contributed by atoms with Crippen LogP contribution in [-0.2, 0) is 4.74 Å². The van der Waals surface area contributed by atoms with Crippen LogP contribution < -0.4 is 11.1 Å². The summed E-state index contributed by atoms with van der Waals surface area (Å²) in [5.74, 6) is -1.05. The lowest BCUT2D eigenvalue weighted by Gasteiger charge is -2.36. The Morgan fingerprint density at radius 3 is 2.68 bits per heavy atom. The van der Waals surface area contributed by atoms with E-state index in [0.29, 0.717) is 29.6 Å². The molecular formula is C13H17ClN2O3. The number of carboxylic acid groups (broad SMARTS) is 1. The zero-order chi connectivity index (χ0) is 14.0. The molecule has 0 bridgehead atoms. The van der Waals surface area contributed by atoms with Crippen LogP contribution >= 0.6 is 11.6 Å². The lowest BCUT2D eigenvalue weighted by Crippen LogP contribution is -2.41. The Bertz CT molecular complexity index is 499. The fourth-order valence-corrected chi connectivity index (χ4v) is 2.45. The molecule has 0 spiro atoms. The molecule has 0 aromatic heterocycles. The van der Waals surface area contributed by atoms with Crippen molar-refractivity contribution in [2.24, 2.45) is 0 Å². The van der Waals surface area contributed by atoms with Gasteiger partial charge < -0.3 is 20.9 Å². The Morgan fingerprint density at radius 1 is 1.47 bits per heavy atom. The van der Waals surface area contributed by atoms with Crippen LogP contribution in [0.1, 0.15) is 30.1 Å². The van der Waals surface area contributed by atoms with E-state index in [1.807, 2.05) is 6.92 Å². The highest BCUT2D eigenvalue weighted by atomic mass is 35.5. The first kappa shape index (κ1) is 14.0. The molecule has 6 heteroatoms. The molecule has 0 aliphatic carbocycles. The van der Waals surface area contributed by atoms with Crippen molar-refractivity contribution in [3.63, 3.8) is 0 Å². The van der Waals surface area contributed by atoms with Gasteiger partial charge in [-0.2, -0.15) is 0 Å². The van der Waals surface area contributed by atoms with E-state index in [9.17, 15) is 9.90 Å². The molecule has 1 aromatic rings. The normalized spacial score (nSPS) is 18.0. The molecule has 1 fully saturated rings. The molecule has 0 amide bonds. The van der Waals surface area contributed by atoms with E-state index in [1.54, 1.807) is 6.07 Å². The van der Waals surface area contributed by atoms with Gasteiger partial charge in [-0.3, -0.25) is 0 Å². The zero-order valence-corrected chi connectivity index (χ0v) is 11.5. The number of carbonyl (C=O) groups is 1. The summed E-state index contributed by atoms with van der Waals surface area (Å²) in [6.07, 6.45) is 1.60. The largest absolute Gasteiger partial charge is 0.478 e. The summed E-state index contributed by atoms with van der Waals surface area (Å²) in [4.78, 5) is 11.3. The standard InChI is InChI=1S/C13H17ClN2O3/c1-13(2-4-19-5-3-13)16-11-9(12(17)18)6-8(15)7-10(11)14/h6-7,16H,2-5,15H2,1H3,(H,17,18). The summed E-state index contributed by atoms with van der Waals surface area (Å²) in [6, 6.07) is 2.97. The predicted molar refractivity (Wildman–Crippen MR) is 74.9 cm³/mol. The van der Waals surface area contributed by atoms with Gasteiger partial charge in [0.1, 0.15) is 0 Å². The Morgan fingerprint density at radius 2 is 2.11 bits per heavy atom. The van der Waals surface area contributed by atoms with Gasteiger partial charge in [0.2, 0.25) is 0 Å². The topological polar surface area (TPSA) is 84.6 Å². The third-order valence-electron chi connectivity index (χ3n) is 3.37. The Hall–Kier alpha value is -1.46. The van der Waals surface area contributed by atoms with Crippen molar-refractivity contribution in [3.8, 4) is 0 Å². The summed E-state index contributed by atoms with van der Waals surface area (Å²) in [5.41, 5.74) is 6.27. The summed E-state index contributed by atoms with van der Waals surface area (Å²) in [6.45, 7) is 3.34. The Balaban J connectivity index is 2.35. The van der Waals surface area contributed by atoms with Gasteiger partial charge in [0.15, 0.2) is 0 Å². The Labute approximate surface area is 116 Å². The number of ether oxygens (including phenoxy) is 1. The minimum absolute atomic E-state index is 0.0951. The van der Waals surface area contributed by atoms with Gasteiger partial charge in [0.25, 0.3) is 0 Å². The van der Waals surface area contributed by atoms with Crippen LogP contribution in [0.2, 0.25) is 5.02 Å². The van der Waals surface area contributed by atoms with Crippen molar-refractivity contribution in [2.75, 3.05) is 24.3 Å². The summed E-state index contributed by atoms with van der Waals surface area (Å²) in [5, 5.41) is 12.8. The third kappa shape index (κ3) is 3.11. The molecule has 4 N–H and O–H groups in total. The number of aromatic carboxylic acids is 1. The van der Waals surface area contributed by atoms with E-state index in [4.69, 9.17) is 22.1 Å². The smallest absolute Gasteiger partial charge is 0.337 e. The highest BCUT2D eigenvalue weighted by Gasteiger charge is 2.29. The van der Waals surface area contributed by atoms with Gasteiger partial charge >= 0.3 is 5.97 Å². The maximum Gasteiger partial charge on any atom is 0.337 e. The van der Waals surface area contributed by atoms with Gasteiger partial charge in [0, 0.05) is 24.4 Å². The van der Waals surface area contributed by atoms with Crippen molar-refractivity contribution in [1.29, 1.82) is 0 Å². The van der Waals surface area contributed by atoms with E-state index < -0.39 is 5.97 Å². The number of anilines is 2. The van der Waals surface area contributed by atoms with Crippen molar-refractivity contribution in [1.82, 2.24) is 0 Å². The molecule has 2 rings (SSSR count). The maximum atomic E-state index is 11.3. The van der Waals surface area contributed by atoms with Crippen molar-refractivity contribution in [2.45, 2.75) is 25.3 Å². The number of nitrogen functional groups attached to an aromatic ring is 1. The second-order valence-corrected chi connectivity index (χ2v) is 5.44. The zero-order valence-electron chi connectivity index (χ0n) is 10.7. The minimum Gasteiger partial charge on any atom is -0.478 e. The molecule has 0 atom stereocenters. The number of halogens is 1. The maximum absolute atomic E-state index is 11.3. The lowest BCUT2D eigenvalue weighted by molar-refractivity contribution is 0.0655. The van der Waals surface area contributed by atoms with E-state index in [-0.39, 0.29) is 11.1 Å². The first-order valence-corrected chi connectivity index (χ1v) is 6.47. The van der Waals surface area contributed by atoms with Crippen molar-refractivity contribution < 1.29 is 14.6 Å². The van der Waals surface area contributed by atoms with Gasteiger partial charge in [-0.15, -0.1) is 0 Å². The average molecular weight is 285 g/mol. The third-order valence-corrected chi connectivity index (χ3v) is 3.66. The molecule has 1 aliphatic heterocycles. The SMILES string of the molecule is CC1(Nc2c(Cl)cc(N)cc2C(=O)O)CCOCC1. The number of benzene rings is 1. The molecule has 1 aliphatic rings. The first-order chi connectivity index (χ1) is 8.91. The van der Waals surface area contributed by atoms with Gasteiger partial charge in [-0.05, 0) is 31.9 Å². The Kier molecular flexibility index (Phi) is 3.87. The van der Waals surface area contributed by atoms with Gasteiger partial charge in [0.05, 0.1) is 16.3 Å². The number of carboxylic acids is 1. The van der Waals surface area contributed by atoms with Crippen LogP contribution in [-0.4, -0.2) is 29.8 Å². The number of nitrogens with two attached hydrogens (primary N) is 1. The van der Waals surface area contributed by atoms with Crippen LogP contribution in [0.3, 0.4) is 0 Å². The highest BCUT2D eigenvalue weighted by molar-refractivity contribution is 6.34. The second-order valence-electron chi connectivity index (χ2n) is 5.03. The van der Waals surface area contributed by atoms with Crippen molar-refractivity contribution in [3.05, 3.63) is 22.7 Å². The highest BCUT2D eigenvalue weighted by Crippen LogP contribution is 2.34. The van der Waals surface area contributed by atoms with Crippen molar-refractivity contribution >= 4 is 28.9 Å². The molecular weight excluding hydrogens is 268 g/mol. The molecule has 0 saturated carbocycles.